The third-order valence-corrected chi connectivity index (χ3v) is 3.35. The maximum absolute atomic E-state index is 3.36. The fraction of sp³-hybridized carbons (Fsp3) is 1.00. The van der Waals surface area contributed by atoms with Crippen LogP contribution in [0, 0.1) is 0 Å². The minimum atomic E-state index is 1.07. The van der Waals surface area contributed by atoms with Gasteiger partial charge in [0.05, 0.1) is 0 Å². The molecule has 0 bridgehead atoms. The standard InChI is InChI=1S/C8H20N4.C6H15N3/c1-2-10-5-6-12-8-7-11-4-3-9-1;1-2-8-5-6-9-4-3-7-1/h9-12H,1-8H2;7-9H,1-6H2. The van der Waals surface area contributed by atoms with E-state index in [9.17, 15) is 0 Å². The highest BCUT2D eigenvalue weighted by atomic mass is 15.0. The second-order valence-electron chi connectivity index (χ2n) is 5.25. The highest BCUT2D eigenvalue weighted by molar-refractivity contribution is 4.60. The van der Waals surface area contributed by atoms with Crippen LogP contribution in [0.4, 0.5) is 0 Å². The monoisotopic (exact) mass is 301 g/mol. The highest BCUT2D eigenvalue weighted by Crippen LogP contribution is 1.66. The van der Waals surface area contributed by atoms with Crippen LogP contribution in [-0.4, -0.2) is 91.6 Å². The Balaban J connectivity index is 0.000000219. The van der Waals surface area contributed by atoms with Gasteiger partial charge in [0.15, 0.2) is 0 Å². The van der Waals surface area contributed by atoms with E-state index in [1.165, 1.54) is 0 Å². The van der Waals surface area contributed by atoms with Gasteiger partial charge >= 0.3 is 0 Å². The van der Waals surface area contributed by atoms with Crippen molar-refractivity contribution in [2.45, 2.75) is 0 Å². The van der Waals surface area contributed by atoms with Crippen LogP contribution >= 0.6 is 0 Å². The lowest BCUT2D eigenvalue weighted by atomic mass is 10.4. The molecule has 2 fully saturated rings. The van der Waals surface area contributed by atoms with Gasteiger partial charge in [-0.05, 0) is 0 Å². The van der Waals surface area contributed by atoms with Crippen molar-refractivity contribution in [1.29, 1.82) is 0 Å². The van der Waals surface area contributed by atoms with E-state index in [2.05, 4.69) is 37.2 Å². The summed E-state index contributed by atoms with van der Waals surface area (Å²) >= 11 is 0. The lowest BCUT2D eigenvalue weighted by Gasteiger charge is -2.11. The first kappa shape index (κ1) is 18.8. The van der Waals surface area contributed by atoms with Crippen molar-refractivity contribution >= 4 is 0 Å². The third kappa shape index (κ3) is 14.4. The summed E-state index contributed by atoms with van der Waals surface area (Å²) in [6.07, 6.45) is 0. The van der Waals surface area contributed by atoms with Gasteiger partial charge in [-0.2, -0.15) is 0 Å². The molecule has 0 amide bonds. The van der Waals surface area contributed by atoms with E-state index in [1.807, 2.05) is 0 Å². The number of hydrogen-bond donors (Lipinski definition) is 7. The maximum Gasteiger partial charge on any atom is 0.00772 e. The van der Waals surface area contributed by atoms with Gasteiger partial charge < -0.3 is 37.2 Å². The van der Waals surface area contributed by atoms with Gasteiger partial charge in [0.2, 0.25) is 0 Å². The molecule has 0 saturated carbocycles. The Morgan fingerprint density at radius 1 is 0.190 bits per heavy atom. The zero-order valence-corrected chi connectivity index (χ0v) is 13.4. The average molecular weight is 301 g/mol. The van der Waals surface area contributed by atoms with E-state index in [4.69, 9.17) is 0 Å². The van der Waals surface area contributed by atoms with Crippen molar-refractivity contribution in [3.8, 4) is 0 Å². The molecule has 126 valence electrons. The molecule has 7 N–H and O–H groups in total. The Labute approximate surface area is 129 Å². The molecule has 7 nitrogen and oxygen atoms in total. The average Bonchev–Trinajstić information content (AvgIpc) is 2.64. The van der Waals surface area contributed by atoms with E-state index in [0.717, 1.165) is 91.6 Å². The second kappa shape index (κ2) is 16.1. The Morgan fingerprint density at radius 3 is 0.381 bits per heavy atom. The molecule has 0 aromatic carbocycles. The molecule has 21 heavy (non-hydrogen) atoms. The first-order valence-electron chi connectivity index (χ1n) is 8.45. The molecular weight excluding hydrogens is 266 g/mol. The smallest absolute Gasteiger partial charge is 0.00772 e. The summed E-state index contributed by atoms with van der Waals surface area (Å²) in [4.78, 5) is 0. The van der Waals surface area contributed by atoms with Crippen LogP contribution in [0.15, 0.2) is 0 Å². The first-order chi connectivity index (χ1) is 10.5. The van der Waals surface area contributed by atoms with Gasteiger partial charge in [-0.1, -0.05) is 0 Å². The molecule has 2 heterocycles. The SMILES string of the molecule is C1CNCCNCCN1.C1CNCCNCCNCCN1. The van der Waals surface area contributed by atoms with Crippen LogP contribution in [0.5, 0.6) is 0 Å². The van der Waals surface area contributed by atoms with Crippen LogP contribution in [-0.2, 0) is 0 Å². The van der Waals surface area contributed by atoms with Gasteiger partial charge in [-0.25, -0.2) is 0 Å². The van der Waals surface area contributed by atoms with Crippen molar-refractivity contribution in [2.24, 2.45) is 0 Å². The van der Waals surface area contributed by atoms with E-state index < -0.39 is 0 Å². The van der Waals surface area contributed by atoms with Crippen molar-refractivity contribution in [2.75, 3.05) is 91.6 Å². The summed E-state index contributed by atoms with van der Waals surface area (Å²) in [6.45, 7) is 15.2. The van der Waals surface area contributed by atoms with Gasteiger partial charge in [-0.3, -0.25) is 0 Å². The summed E-state index contributed by atoms with van der Waals surface area (Å²) in [5.74, 6) is 0. The summed E-state index contributed by atoms with van der Waals surface area (Å²) in [5.41, 5.74) is 0. The molecule has 2 rings (SSSR count). The second-order valence-corrected chi connectivity index (χ2v) is 5.25. The Bertz CT molecular complexity index is 132. The third-order valence-electron chi connectivity index (χ3n) is 3.35. The molecule has 0 aliphatic carbocycles. The summed E-state index contributed by atoms with van der Waals surface area (Å²) in [7, 11) is 0. The van der Waals surface area contributed by atoms with E-state index in [-0.39, 0.29) is 0 Å². The molecule has 2 saturated heterocycles. The fourth-order valence-electron chi connectivity index (χ4n) is 2.11. The molecule has 0 aromatic heterocycles. The van der Waals surface area contributed by atoms with Crippen LogP contribution in [0.1, 0.15) is 0 Å². The molecule has 0 atom stereocenters. The van der Waals surface area contributed by atoms with Crippen molar-refractivity contribution in [1.82, 2.24) is 37.2 Å². The van der Waals surface area contributed by atoms with Crippen molar-refractivity contribution < 1.29 is 0 Å². The van der Waals surface area contributed by atoms with Gasteiger partial charge in [0.25, 0.3) is 0 Å². The Hall–Kier alpha value is -0.280. The van der Waals surface area contributed by atoms with Crippen LogP contribution < -0.4 is 37.2 Å². The summed E-state index contributed by atoms with van der Waals surface area (Å²) in [6, 6.07) is 0. The van der Waals surface area contributed by atoms with Crippen LogP contribution in [0.2, 0.25) is 0 Å². The topological polar surface area (TPSA) is 84.2 Å². The first-order valence-corrected chi connectivity index (χ1v) is 8.45. The predicted octanol–water partition coefficient (Wildman–Crippen LogP) is -2.87. The fourth-order valence-corrected chi connectivity index (χ4v) is 2.11. The zero-order chi connectivity index (χ0) is 14.8. The maximum atomic E-state index is 3.36. The molecule has 7 heteroatoms. The lowest BCUT2D eigenvalue weighted by Crippen LogP contribution is -2.39. The van der Waals surface area contributed by atoms with Crippen molar-refractivity contribution in [3.63, 3.8) is 0 Å². The Morgan fingerprint density at radius 2 is 0.286 bits per heavy atom. The lowest BCUT2D eigenvalue weighted by molar-refractivity contribution is 0.534. The normalized spacial score (nSPS) is 24.0. The van der Waals surface area contributed by atoms with Gasteiger partial charge in [-0.15, -0.1) is 0 Å². The molecule has 0 unspecified atom stereocenters. The molecule has 2 aliphatic heterocycles. The van der Waals surface area contributed by atoms with E-state index >= 15 is 0 Å². The van der Waals surface area contributed by atoms with E-state index in [0.29, 0.717) is 0 Å². The number of rotatable bonds is 0. The summed E-state index contributed by atoms with van der Waals surface area (Å²) in [5, 5.41) is 23.3. The molecule has 0 spiro atoms. The number of hydrogen-bond acceptors (Lipinski definition) is 7. The van der Waals surface area contributed by atoms with Crippen molar-refractivity contribution in [3.05, 3.63) is 0 Å². The summed E-state index contributed by atoms with van der Waals surface area (Å²) < 4.78 is 0. The van der Waals surface area contributed by atoms with E-state index in [1.54, 1.807) is 0 Å². The zero-order valence-electron chi connectivity index (χ0n) is 13.4. The number of nitrogens with one attached hydrogen (secondary N) is 7. The van der Waals surface area contributed by atoms with Gasteiger partial charge in [0.1, 0.15) is 0 Å². The molecule has 0 aromatic rings. The molecule has 0 radical (unpaired) electrons. The quantitative estimate of drug-likeness (QED) is 0.259. The Kier molecular flexibility index (Phi) is 14.4. The van der Waals surface area contributed by atoms with Crippen LogP contribution in [0.3, 0.4) is 0 Å². The highest BCUT2D eigenvalue weighted by Gasteiger charge is 1.93. The molecular formula is C14H35N7. The van der Waals surface area contributed by atoms with Crippen LogP contribution in [0.25, 0.3) is 0 Å². The minimum absolute atomic E-state index is 1.07. The predicted molar refractivity (Wildman–Crippen MR) is 90.1 cm³/mol. The largest absolute Gasteiger partial charge is 0.314 e. The molecule has 2 aliphatic rings. The van der Waals surface area contributed by atoms with Gasteiger partial charge in [0, 0.05) is 91.6 Å². The minimum Gasteiger partial charge on any atom is -0.314 e.